The molecule has 0 aromatic carbocycles. The maximum absolute atomic E-state index is 13.0. The molecular weight excluding hydrogens is 267 g/mol. The maximum atomic E-state index is 13.0. The van der Waals surface area contributed by atoms with E-state index in [2.05, 4.69) is 11.3 Å². The Labute approximate surface area is 106 Å². The summed E-state index contributed by atoms with van der Waals surface area (Å²) >= 11 is 0. The number of carboxylic acids is 1. The standard InChI is InChI=1S/C11H12F3NO4/c1-2-3-19-8(18)15-5-9(7(16)17)4-10(9,6-15)11(12,13)14/h2H,1,3-6H2,(H,16,17)/t9-,10-/m1/s1. The molecule has 1 amide bonds. The molecule has 0 aromatic heterocycles. The van der Waals surface area contributed by atoms with Crippen LogP contribution in [-0.2, 0) is 9.53 Å². The molecule has 0 aromatic rings. The molecule has 0 spiro atoms. The van der Waals surface area contributed by atoms with Crippen LogP contribution >= 0.6 is 0 Å². The topological polar surface area (TPSA) is 66.8 Å². The molecule has 1 aliphatic heterocycles. The molecule has 2 rings (SSSR count). The highest BCUT2D eigenvalue weighted by atomic mass is 19.4. The van der Waals surface area contributed by atoms with Gasteiger partial charge in [0.1, 0.15) is 17.4 Å². The first-order valence-corrected chi connectivity index (χ1v) is 5.53. The number of carbonyl (C=O) groups is 2. The Morgan fingerprint density at radius 3 is 2.47 bits per heavy atom. The Balaban J connectivity index is 2.19. The number of carbonyl (C=O) groups excluding carboxylic acids is 1. The molecule has 8 heteroatoms. The van der Waals surface area contributed by atoms with Crippen molar-refractivity contribution in [1.29, 1.82) is 0 Å². The summed E-state index contributed by atoms with van der Waals surface area (Å²) in [5, 5.41) is 9.02. The van der Waals surface area contributed by atoms with Gasteiger partial charge in [0.25, 0.3) is 0 Å². The lowest BCUT2D eigenvalue weighted by atomic mass is 9.96. The molecule has 5 nitrogen and oxygen atoms in total. The number of nitrogens with zero attached hydrogens (tertiary/aromatic N) is 1. The molecule has 0 unspecified atom stereocenters. The van der Waals surface area contributed by atoms with Crippen LogP contribution in [0, 0.1) is 10.8 Å². The Morgan fingerprint density at radius 2 is 2.05 bits per heavy atom. The van der Waals surface area contributed by atoms with Gasteiger partial charge in [-0.2, -0.15) is 13.2 Å². The van der Waals surface area contributed by atoms with Gasteiger partial charge >= 0.3 is 18.2 Å². The van der Waals surface area contributed by atoms with E-state index in [4.69, 9.17) is 5.11 Å². The smallest absolute Gasteiger partial charge is 0.410 e. The second-order valence-electron chi connectivity index (χ2n) is 4.87. The highest BCUT2D eigenvalue weighted by Gasteiger charge is 2.87. The number of hydrogen-bond acceptors (Lipinski definition) is 3. The van der Waals surface area contributed by atoms with Crippen molar-refractivity contribution < 1.29 is 32.6 Å². The van der Waals surface area contributed by atoms with Crippen LogP contribution in [0.4, 0.5) is 18.0 Å². The SMILES string of the molecule is C=CCOC(=O)N1C[C@@]2(C(=O)O)C[C@@]2(C(F)(F)F)C1. The van der Waals surface area contributed by atoms with Crippen LogP contribution in [0.3, 0.4) is 0 Å². The van der Waals surface area contributed by atoms with Crippen molar-refractivity contribution in [1.82, 2.24) is 4.90 Å². The lowest BCUT2D eigenvalue weighted by Crippen LogP contribution is -2.36. The highest BCUT2D eigenvalue weighted by molar-refractivity contribution is 5.84. The summed E-state index contributed by atoms with van der Waals surface area (Å²) in [7, 11) is 0. The molecule has 0 bridgehead atoms. The minimum Gasteiger partial charge on any atom is -0.481 e. The maximum Gasteiger partial charge on any atom is 0.410 e. The average molecular weight is 279 g/mol. The Bertz CT molecular complexity index is 450. The number of carboxylic acid groups (broad SMARTS) is 1. The first kappa shape index (κ1) is 13.7. The van der Waals surface area contributed by atoms with Crippen LogP contribution in [0.25, 0.3) is 0 Å². The van der Waals surface area contributed by atoms with Crippen molar-refractivity contribution >= 4 is 12.1 Å². The van der Waals surface area contributed by atoms with E-state index in [1.807, 2.05) is 0 Å². The van der Waals surface area contributed by atoms with E-state index in [1.54, 1.807) is 0 Å². The van der Waals surface area contributed by atoms with E-state index < -0.39 is 48.6 Å². The van der Waals surface area contributed by atoms with E-state index in [9.17, 15) is 22.8 Å². The molecule has 1 N–H and O–H groups in total. The molecule has 106 valence electrons. The van der Waals surface area contributed by atoms with Crippen LogP contribution in [0.1, 0.15) is 6.42 Å². The Morgan fingerprint density at radius 1 is 1.42 bits per heavy atom. The van der Waals surface area contributed by atoms with Gasteiger partial charge in [-0.05, 0) is 6.42 Å². The Hall–Kier alpha value is -1.73. The second kappa shape index (κ2) is 3.88. The number of likely N-dealkylation sites (tertiary alicyclic amines) is 1. The lowest BCUT2D eigenvalue weighted by molar-refractivity contribution is -0.196. The number of amides is 1. The van der Waals surface area contributed by atoms with Crippen molar-refractivity contribution in [2.24, 2.45) is 10.8 Å². The third kappa shape index (κ3) is 1.69. The fourth-order valence-electron chi connectivity index (χ4n) is 2.75. The zero-order valence-electron chi connectivity index (χ0n) is 9.87. The van der Waals surface area contributed by atoms with Crippen LogP contribution in [-0.4, -0.2) is 47.9 Å². The minimum atomic E-state index is -4.65. The molecule has 19 heavy (non-hydrogen) atoms. The van der Waals surface area contributed by atoms with Crippen LogP contribution in [0.2, 0.25) is 0 Å². The largest absolute Gasteiger partial charge is 0.481 e. The van der Waals surface area contributed by atoms with Gasteiger partial charge in [0.15, 0.2) is 0 Å². The molecule has 2 aliphatic rings. The highest BCUT2D eigenvalue weighted by Crippen LogP contribution is 2.74. The van der Waals surface area contributed by atoms with Gasteiger partial charge in [-0.25, -0.2) is 4.79 Å². The molecule has 1 heterocycles. The first-order valence-electron chi connectivity index (χ1n) is 5.53. The van der Waals surface area contributed by atoms with Crippen molar-refractivity contribution in [2.45, 2.75) is 12.6 Å². The predicted molar refractivity (Wildman–Crippen MR) is 56.3 cm³/mol. The predicted octanol–water partition coefficient (Wildman–Crippen LogP) is 1.65. The molecule has 1 saturated heterocycles. The van der Waals surface area contributed by atoms with Gasteiger partial charge in [0, 0.05) is 13.1 Å². The fourth-order valence-corrected chi connectivity index (χ4v) is 2.75. The molecular formula is C11H12F3NO4. The van der Waals surface area contributed by atoms with Crippen molar-refractivity contribution in [3.63, 3.8) is 0 Å². The molecule has 2 atom stereocenters. The van der Waals surface area contributed by atoms with E-state index in [-0.39, 0.29) is 6.61 Å². The van der Waals surface area contributed by atoms with Gasteiger partial charge in [0.05, 0.1) is 0 Å². The van der Waals surface area contributed by atoms with Crippen LogP contribution < -0.4 is 0 Å². The van der Waals surface area contributed by atoms with Crippen molar-refractivity contribution in [3.8, 4) is 0 Å². The third-order valence-electron chi connectivity index (χ3n) is 3.85. The molecule has 1 saturated carbocycles. The number of piperidine rings is 1. The Kier molecular flexibility index (Phi) is 2.80. The summed E-state index contributed by atoms with van der Waals surface area (Å²) in [4.78, 5) is 23.4. The number of fused-ring (bicyclic) bond motifs is 1. The summed E-state index contributed by atoms with van der Waals surface area (Å²) in [6.07, 6.45) is -4.80. The van der Waals surface area contributed by atoms with Gasteiger partial charge in [-0.1, -0.05) is 12.7 Å². The quantitative estimate of drug-likeness (QED) is 0.798. The van der Waals surface area contributed by atoms with Crippen molar-refractivity contribution in [2.75, 3.05) is 19.7 Å². The third-order valence-corrected chi connectivity index (χ3v) is 3.85. The van der Waals surface area contributed by atoms with E-state index in [0.717, 1.165) is 4.90 Å². The normalized spacial score (nSPS) is 32.7. The summed E-state index contributed by atoms with van der Waals surface area (Å²) in [6.45, 7) is 2.04. The van der Waals surface area contributed by atoms with E-state index >= 15 is 0 Å². The fraction of sp³-hybridized carbons (Fsp3) is 0.636. The van der Waals surface area contributed by atoms with Gasteiger partial charge < -0.3 is 14.7 Å². The summed E-state index contributed by atoms with van der Waals surface area (Å²) in [6, 6.07) is 0. The van der Waals surface area contributed by atoms with Gasteiger partial charge in [-0.3, -0.25) is 4.79 Å². The molecule has 0 radical (unpaired) electrons. The first-order chi connectivity index (χ1) is 8.70. The van der Waals surface area contributed by atoms with Gasteiger partial charge in [-0.15, -0.1) is 0 Å². The van der Waals surface area contributed by atoms with Crippen LogP contribution in [0.15, 0.2) is 12.7 Å². The van der Waals surface area contributed by atoms with Crippen molar-refractivity contribution in [3.05, 3.63) is 12.7 Å². The van der Waals surface area contributed by atoms with Gasteiger partial charge in [0.2, 0.25) is 0 Å². The zero-order valence-corrected chi connectivity index (χ0v) is 9.87. The molecule has 2 fully saturated rings. The number of aliphatic carboxylic acids is 1. The summed E-state index contributed by atoms with van der Waals surface area (Å²) in [5.74, 6) is -1.52. The average Bonchev–Trinajstić information content (AvgIpc) is 2.85. The summed E-state index contributed by atoms with van der Waals surface area (Å²) in [5.41, 5.74) is -4.25. The second-order valence-corrected chi connectivity index (χ2v) is 4.87. The van der Waals surface area contributed by atoms with E-state index in [0.29, 0.717) is 0 Å². The van der Waals surface area contributed by atoms with E-state index in [1.165, 1.54) is 6.08 Å². The number of rotatable bonds is 3. The summed E-state index contributed by atoms with van der Waals surface area (Å²) < 4.78 is 43.7. The minimum absolute atomic E-state index is 0.131. The lowest BCUT2D eigenvalue weighted by Gasteiger charge is -2.21. The number of hydrogen-bond donors (Lipinski definition) is 1. The zero-order chi connectivity index (χ0) is 14.5. The molecule has 1 aliphatic carbocycles. The number of ether oxygens (including phenoxy) is 1. The number of halogens is 3. The number of alkyl halides is 3. The van der Waals surface area contributed by atoms with Crippen LogP contribution in [0.5, 0.6) is 0 Å². The monoisotopic (exact) mass is 279 g/mol.